The fourth-order valence-electron chi connectivity index (χ4n) is 3.06. The average molecular weight is 403 g/mol. The Hall–Kier alpha value is -2.57. The van der Waals surface area contributed by atoms with Gasteiger partial charge >= 0.3 is 6.09 Å². The van der Waals surface area contributed by atoms with Crippen LogP contribution in [-0.4, -0.2) is 41.2 Å². The van der Waals surface area contributed by atoms with E-state index in [4.69, 9.17) is 16.3 Å². The number of amides is 2. The van der Waals surface area contributed by atoms with Crippen LogP contribution in [0.15, 0.2) is 48.5 Å². The van der Waals surface area contributed by atoms with E-state index < -0.39 is 12.2 Å². The van der Waals surface area contributed by atoms with Crippen LogP contribution in [0.2, 0.25) is 5.02 Å². The maximum absolute atomic E-state index is 12.3. The molecule has 7 heteroatoms. The summed E-state index contributed by atoms with van der Waals surface area (Å²) in [5.74, 6) is 0.00170. The fraction of sp³-hybridized carbons (Fsp3) is 0.333. The third kappa shape index (κ3) is 5.97. The predicted octanol–water partition coefficient (Wildman–Crippen LogP) is 3.61. The third-order valence-corrected chi connectivity index (χ3v) is 4.84. The van der Waals surface area contributed by atoms with Gasteiger partial charge in [-0.15, -0.1) is 0 Å². The highest BCUT2D eigenvalue weighted by atomic mass is 35.5. The second-order valence-corrected chi connectivity index (χ2v) is 7.27. The monoisotopic (exact) mass is 402 g/mol. The maximum Gasteiger partial charge on any atom is 0.411 e. The summed E-state index contributed by atoms with van der Waals surface area (Å²) in [6, 6.07) is 14.1. The Morgan fingerprint density at radius 2 is 1.79 bits per heavy atom. The number of benzene rings is 2. The van der Waals surface area contributed by atoms with E-state index in [1.54, 1.807) is 53.4 Å². The largest absolute Gasteiger partial charge is 0.444 e. The smallest absolute Gasteiger partial charge is 0.411 e. The van der Waals surface area contributed by atoms with Crippen LogP contribution in [0.4, 0.5) is 10.5 Å². The van der Waals surface area contributed by atoms with Crippen molar-refractivity contribution in [3.63, 3.8) is 0 Å². The Balaban J connectivity index is 1.46. The quantitative estimate of drug-likeness (QED) is 0.800. The van der Waals surface area contributed by atoms with Gasteiger partial charge in [0.25, 0.3) is 0 Å². The Labute approximate surface area is 169 Å². The number of carbonyl (C=O) groups excluding carboxylic acids is 2. The molecule has 1 aliphatic heterocycles. The van der Waals surface area contributed by atoms with Crippen LogP contribution in [-0.2, 0) is 22.6 Å². The topological polar surface area (TPSA) is 78.9 Å². The van der Waals surface area contributed by atoms with Gasteiger partial charge in [-0.3, -0.25) is 10.1 Å². The molecule has 2 aromatic rings. The number of ether oxygens (including phenoxy) is 1. The molecule has 0 saturated carbocycles. The first-order valence-electron chi connectivity index (χ1n) is 9.22. The molecule has 1 saturated heterocycles. The number of halogens is 1. The molecule has 1 fully saturated rings. The number of hydrogen-bond donors (Lipinski definition) is 2. The van der Waals surface area contributed by atoms with Crippen LogP contribution in [0.25, 0.3) is 0 Å². The first-order valence-corrected chi connectivity index (χ1v) is 9.60. The van der Waals surface area contributed by atoms with Gasteiger partial charge in [0.15, 0.2) is 0 Å². The molecule has 2 amide bonds. The van der Waals surface area contributed by atoms with E-state index in [0.29, 0.717) is 23.8 Å². The molecular formula is C21H23ClN2O4. The molecule has 6 nitrogen and oxygen atoms in total. The van der Waals surface area contributed by atoms with E-state index in [1.165, 1.54) is 0 Å². The number of β-amino-alcohol motifs (C(OH)–C–C–N with tert-alkyl or cyclic N) is 1. The highest BCUT2D eigenvalue weighted by molar-refractivity contribution is 6.30. The second-order valence-electron chi connectivity index (χ2n) is 6.84. The molecule has 2 N–H and O–H groups in total. The van der Waals surface area contributed by atoms with Crippen molar-refractivity contribution < 1.29 is 19.4 Å². The van der Waals surface area contributed by atoms with Crippen LogP contribution in [0, 0.1) is 0 Å². The summed E-state index contributed by atoms with van der Waals surface area (Å²) in [4.78, 5) is 25.9. The Kier molecular flexibility index (Phi) is 6.90. The van der Waals surface area contributed by atoms with Gasteiger partial charge in [-0.2, -0.15) is 0 Å². The van der Waals surface area contributed by atoms with E-state index >= 15 is 0 Å². The zero-order chi connectivity index (χ0) is 19.9. The SMILES string of the molecule is O=C(Nc1ccc(CC(=O)N2CCCC(O)C2)cc1)OCc1ccc(Cl)cc1. The lowest BCUT2D eigenvalue weighted by Crippen LogP contribution is -2.42. The number of aliphatic hydroxyl groups excluding tert-OH is 1. The summed E-state index contributed by atoms with van der Waals surface area (Å²) in [6.07, 6.45) is 0.865. The number of aliphatic hydroxyl groups is 1. The lowest BCUT2D eigenvalue weighted by molar-refractivity contribution is -0.133. The first kappa shape index (κ1) is 20.2. The normalized spacial score (nSPS) is 16.5. The van der Waals surface area contributed by atoms with Gasteiger partial charge in [-0.25, -0.2) is 4.79 Å². The van der Waals surface area contributed by atoms with E-state index in [1.807, 2.05) is 0 Å². The molecule has 1 heterocycles. The number of anilines is 1. The van der Waals surface area contributed by atoms with Gasteiger partial charge in [-0.1, -0.05) is 35.9 Å². The third-order valence-electron chi connectivity index (χ3n) is 4.59. The van der Waals surface area contributed by atoms with Crippen molar-refractivity contribution in [2.24, 2.45) is 0 Å². The lowest BCUT2D eigenvalue weighted by atomic mass is 10.1. The van der Waals surface area contributed by atoms with Crippen LogP contribution >= 0.6 is 11.6 Å². The summed E-state index contributed by atoms with van der Waals surface area (Å²) in [7, 11) is 0. The summed E-state index contributed by atoms with van der Waals surface area (Å²) in [5.41, 5.74) is 2.28. The molecule has 0 bridgehead atoms. The Morgan fingerprint density at radius 3 is 2.46 bits per heavy atom. The highest BCUT2D eigenvalue weighted by Gasteiger charge is 2.21. The molecule has 0 aliphatic carbocycles. The number of nitrogens with zero attached hydrogens (tertiary/aromatic N) is 1. The van der Waals surface area contributed by atoms with Crippen LogP contribution in [0.5, 0.6) is 0 Å². The summed E-state index contributed by atoms with van der Waals surface area (Å²) in [6.45, 7) is 1.24. The number of likely N-dealkylation sites (tertiary alicyclic amines) is 1. The first-order chi connectivity index (χ1) is 13.5. The van der Waals surface area contributed by atoms with Crippen molar-refractivity contribution in [1.82, 2.24) is 4.90 Å². The van der Waals surface area contributed by atoms with Gasteiger partial charge in [0.05, 0.1) is 12.5 Å². The Bertz CT molecular complexity index is 808. The van der Waals surface area contributed by atoms with Gasteiger partial charge in [0.1, 0.15) is 6.61 Å². The van der Waals surface area contributed by atoms with Crippen molar-refractivity contribution >= 4 is 29.3 Å². The highest BCUT2D eigenvalue weighted by Crippen LogP contribution is 2.15. The van der Waals surface area contributed by atoms with Crippen LogP contribution in [0.3, 0.4) is 0 Å². The van der Waals surface area contributed by atoms with Gasteiger partial charge in [0, 0.05) is 23.8 Å². The second kappa shape index (κ2) is 9.57. The van der Waals surface area contributed by atoms with E-state index in [-0.39, 0.29) is 18.9 Å². The summed E-state index contributed by atoms with van der Waals surface area (Å²) >= 11 is 5.82. The molecular weight excluding hydrogens is 380 g/mol. The van der Waals surface area contributed by atoms with Crippen molar-refractivity contribution in [2.45, 2.75) is 32.0 Å². The Morgan fingerprint density at radius 1 is 1.11 bits per heavy atom. The molecule has 1 atom stereocenters. The van der Waals surface area contributed by atoms with Crippen LogP contribution < -0.4 is 5.32 Å². The number of carbonyl (C=O) groups is 2. The van der Waals surface area contributed by atoms with Crippen LogP contribution in [0.1, 0.15) is 24.0 Å². The number of piperidine rings is 1. The molecule has 2 aromatic carbocycles. The zero-order valence-electron chi connectivity index (χ0n) is 15.4. The molecule has 1 aliphatic rings. The van der Waals surface area contributed by atoms with Gasteiger partial charge in [-0.05, 0) is 48.2 Å². The lowest BCUT2D eigenvalue weighted by Gasteiger charge is -2.30. The van der Waals surface area contributed by atoms with E-state index in [9.17, 15) is 14.7 Å². The van der Waals surface area contributed by atoms with Gasteiger partial charge in [0.2, 0.25) is 5.91 Å². The maximum atomic E-state index is 12.3. The number of nitrogens with one attached hydrogen (secondary N) is 1. The van der Waals surface area contributed by atoms with E-state index in [2.05, 4.69) is 5.32 Å². The van der Waals surface area contributed by atoms with Crippen molar-refractivity contribution in [3.05, 3.63) is 64.7 Å². The van der Waals surface area contributed by atoms with Crippen molar-refractivity contribution in [2.75, 3.05) is 18.4 Å². The minimum Gasteiger partial charge on any atom is -0.444 e. The number of hydrogen-bond acceptors (Lipinski definition) is 4. The molecule has 148 valence electrons. The standard InChI is InChI=1S/C21H23ClN2O4/c22-17-7-3-16(4-8-17)14-28-21(27)23-18-9-5-15(6-10-18)12-20(26)24-11-1-2-19(25)13-24/h3-10,19,25H,1-2,11-14H2,(H,23,27). The number of rotatable bonds is 5. The molecule has 0 radical (unpaired) electrons. The molecule has 28 heavy (non-hydrogen) atoms. The van der Waals surface area contributed by atoms with Crippen molar-refractivity contribution in [3.8, 4) is 0 Å². The zero-order valence-corrected chi connectivity index (χ0v) is 16.2. The van der Waals surface area contributed by atoms with E-state index in [0.717, 1.165) is 24.0 Å². The average Bonchev–Trinajstić information content (AvgIpc) is 2.69. The summed E-state index contributed by atoms with van der Waals surface area (Å²) in [5, 5.41) is 13.0. The summed E-state index contributed by atoms with van der Waals surface area (Å²) < 4.78 is 5.18. The van der Waals surface area contributed by atoms with Gasteiger partial charge < -0.3 is 14.7 Å². The minimum absolute atomic E-state index is 0.00170. The molecule has 3 rings (SSSR count). The fourth-order valence-corrected chi connectivity index (χ4v) is 3.18. The molecule has 0 spiro atoms. The predicted molar refractivity (Wildman–Crippen MR) is 107 cm³/mol. The minimum atomic E-state index is -0.555. The molecule has 0 aromatic heterocycles. The molecule has 1 unspecified atom stereocenters. The van der Waals surface area contributed by atoms with Crippen molar-refractivity contribution in [1.29, 1.82) is 0 Å².